The third-order valence-electron chi connectivity index (χ3n) is 4.71. The number of imidazole rings is 1. The van der Waals surface area contributed by atoms with Gasteiger partial charge in [0.15, 0.2) is 11.6 Å². The predicted octanol–water partition coefficient (Wildman–Crippen LogP) is 4.43. The number of aromatic nitrogens is 4. The van der Waals surface area contributed by atoms with Crippen molar-refractivity contribution in [3.8, 4) is 5.82 Å². The molecule has 4 aromatic rings. The maximum absolute atomic E-state index is 13.8. The number of hydrogen-bond donors (Lipinski definition) is 1. The van der Waals surface area contributed by atoms with Gasteiger partial charge in [0.1, 0.15) is 17.2 Å². The second kappa shape index (κ2) is 8.11. The molecule has 2 aromatic carbocycles. The number of hydrogen-bond acceptors (Lipinski definition) is 5. The lowest BCUT2D eigenvalue weighted by atomic mass is 10.2. The average Bonchev–Trinajstić information content (AvgIpc) is 3.13. The number of fused-ring (bicyclic) bond motifs is 1. The Morgan fingerprint density at radius 3 is 2.30 bits per heavy atom. The minimum absolute atomic E-state index is 0.0998. The first-order valence-electron chi connectivity index (χ1n) is 9.41. The molecule has 1 amide bonds. The van der Waals surface area contributed by atoms with Gasteiger partial charge in [0.25, 0.3) is 5.91 Å². The van der Waals surface area contributed by atoms with Gasteiger partial charge in [0.05, 0.1) is 23.4 Å². The van der Waals surface area contributed by atoms with Crippen molar-refractivity contribution in [3.63, 3.8) is 0 Å². The zero-order chi connectivity index (χ0) is 23.9. The van der Waals surface area contributed by atoms with Gasteiger partial charge in [-0.15, -0.1) is 0 Å². The molecule has 1 N–H and O–H groups in total. The fourth-order valence-corrected chi connectivity index (χ4v) is 3.16. The minimum Gasteiger partial charge on any atom is -0.378 e. The summed E-state index contributed by atoms with van der Waals surface area (Å²) in [6, 6.07) is 7.54. The van der Waals surface area contributed by atoms with Gasteiger partial charge in [-0.2, -0.15) is 13.2 Å². The second-order valence-electron chi connectivity index (χ2n) is 7.15. The average molecular weight is 462 g/mol. The molecule has 0 atom stereocenters. The number of halogens is 5. The van der Waals surface area contributed by atoms with Crippen molar-refractivity contribution in [2.45, 2.75) is 6.18 Å². The molecule has 2 heterocycles. The Kier molecular flexibility index (Phi) is 5.44. The monoisotopic (exact) mass is 462 g/mol. The highest BCUT2D eigenvalue weighted by atomic mass is 19.4. The third kappa shape index (κ3) is 4.19. The molecular formula is C21H15F5N6O. The normalized spacial score (nSPS) is 11.6. The summed E-state index contributed by atoms with van der Waals surface area (Å²) in [6.45, 7) is 0. The standard InChI is InChI=1S/C21H15F5N6O/c1-31(2)11-6-7-15-14(8-11)29-20(21(24,25)26)32(15)17-10-27-16(9-28-17)30-19(33)18-12(22)4-3-5-13(18)23/h3-10H,1-2H3,(H,27,30,33). The summed E-state index contributed by atoms with van der Waals surface area (Å²) in [5, 5.41) is 2.17. The summed E-state index contributed by atoms with van der Waals surface area (Å²) in [6.07, 6.45) is -2.82. The number of carbonyl (C=O) groups is 1. The lowest BCUT2D eigenvalue weighted by Gasteiger charge is -2.13. The molecule has 0 aliphatic rings. The summed E-state index contributed by atoms with van der Waals surface area (Å²) < 4.78 is 69.4. The summed E-state index contributed by atoms with van der Waals surface area (Å²) in [4.78, 5) is 25.5. The van der Waals surface area contributed by atoms with Crippen LogP contribution in [0.15, 0.2) is 48.8 Å². The van der Waals surface area contributed by atoms with Gasteiger partial charge in [0, 0.05) is 19.8 Å². The largest absolute Gasteiger partial charge is 0.450 e. The van der Waals surface area contributed by atoms with Crippen LogP contribution in [0.1, 0.15) is 16.2 Å². The number of carbonyl (C=O) groups excluding carboxylic acids is 1. The lowest BCUT2D eigenvalue weighted by Crippen LogP contribution is -2.18. The van der Waals surface area contributed by atoms with E-state index in [2.05, 4.69) is 20.3 Å². The second-order valence-corrected chi connectivity index (χ2v) is 7.15. The van der Waals surface area contributed by atoms with Crippen molar-refractivity contribution in [2.75, 3.05) is 24.3 Å². The Morgan fingerprint density at radius 1 is 1.03 bits per heavy atom. The quantitative estimate of drug-likeness (QED) is 0.454. The molecule has 0 bridgehead atoms. The fourth-order valence-electron chi connectivity index (χ4n) is 3.16. The van der Waals surface area contributed by atoms with Gasteiger partial charge in [-0.3, -0.25) is 9.36 Å². The van der Waals surface area contributed by atoms with Gasteiger partial charge in [0.2, 0.25) is 5.82 Å². The molecule has 0 radical (unpaired) electrons. The molecule has 7 nitrogen and oxygen atoms in total. The van der Waals surface area contributed by atoms with Crippen LogP contribution < -0.4 is 10.2 Å². The van der Waals surface area contributed by atoms with Gasteiger partial charge in [-0.05, 0) is 30.3 Å². The van der Waals surface area contributed by atoms with E-state index in [1.54, 1.807) is 25.1 Å². The molecule has 0 aliphatic carbocycles. The molecule has 0 aliphatic heterocycles. The smallest absolute Gasteiger partial charge is 0.378 e. The Morgan fingerprint density at radius 2 is 1.73 bits per heavy atom. The van der Waals surface area contributed by atoms with Crippen molar-refractivity contribution < 1.29 is 26.7 Å². The maximum atomic E-state index is 13.8. The lowest BCUT2D eigenvalue weighted by molar-refractivity contribution is -0.145. The Hall–Kier alpha value is -4.09. The van der Waals surface area contributed by atoms with E-state index < -0.39 is 35.1 Å². The predicted molar refractivity (Wildman–Crippen MR) is 110 cm³/mol. The number of anilines is 2. The topological polar surface area (TPSA) is 75.9 Å². The van der Waals surface area contributed by atoms with E-state index in [-0.39, 0.29) is 22.7 Å². The first-order valence-corrected chi connectivity index (χ1v) is 9.41. The van der Waals surface area contributed by atoms with Crippen molar-refractivity contribution in [2.24, 2.45) is 0 Å². The van der Waals surface area contributed by atoms with Gasteiger partial charge < -0.3 is 10.2 Å². The molecule has 0 saturated carbocycles. The molecule has 0 unspecified atom stereocenters. The van der Waals surface area contributed by atoms with Gasteiger partial charge in [-0.1, -0.05) is 6.07 Å². The molecule has 0 fully saturated rings. The summed E-state index contributed by atoms with van der Waals surface area (Å²) in [5.41, 5.74) is 0.0839. The zero-order valence-electron chi connectivity index (χ0n) is 17.2. The number of nitrogens with zero attached hydrogens (tertiary/aromatic N) is 5. The van der Waals surface area contributed by atoms with Crippen molar-refractivity contribution in [1.29, 1.82) is 0 Å². The van der Waals surface area contributed by atoms with Crippen LogP contribution in [-0.4, -0.2) is 39.5 Å². The Balaban J connectivity index is 1.71. The minimum atomic E-state index is -4.78. The van der Waals surface area contributed by atoms with E-state index in [1.807, 2.05) is 0 Å². The fraction of sp³-hybridized carbons (Fsp3) is 0.143. The molecular weight excluding hydrogens is 447 g/mol. The summed E-state index contributed by atoms with van der Waals surface area (Å²) >= 11 is 0. The third-order valence-corrected chi connectivity index (χ3v) is 4.71. The van der Waals surface area contributed by atoms with E-state index in [9.17, 15) is 26.7 Å². The van der Waals surface area contributed by atoms with Crippen LogP contribution in [0.4, 0.5) is 33.5 Å². The molecule has 0 spiro atoms. The van der Waals surface area contributed by atoms with E-state index in [0.29, 0.717) is 5.69 Å². The van der Waals surface area contributed by atoms with Gasteiger partial charge in [-0.25, -0.2) is 23.7 Å². The molecule has 33 heavy (non-hydrogen) atoms. The Bertz CT molecular complexity index is 1330. The first kappa shape index (κ1) is 22.1. The summed E-state index contributed by atoms with van der Waals surface area (Å²) in [5.74, 6) is -4.89. The van der Waals surface area contributed by atoms with Crippen LogP contribution in [0.3, 0.4) is 0 Å². The zero-order valence-corrected chi connectivity index (χ0v) is 17.2. The van der Waals surface area contributed by atoms with Crippen LogP contribution in [-0.2, 0) is 6.18 Å². The molecule has 12 heteroatoms. The van der Waals surface area contributed by atoms with Crippen molar-refractivity contribution >= 4 is 28.4 Å². The molecule has 2 aromatic heterocycles. The van der Waals surface area contributed by atoms with Crippen LogP contribution in [0.5, 0.6) is 0 Å². The number of rotatable bonds is 4. The number of nitrogens with one attached hydrogen (secondary N) is 1. The van der Waals surface area contributed by atoms with E-state index >= 15 is 0 Å². The van der Waals surface area contributed by atoms with Crippen molar-refractivity contribution in [3.05, 3.63) is 71.8 Å². The summed E-state index contributed by atoms with van der Waals surface area (Å²) in [7, 11) is 3.49. The number of amides is 1. The van der Waals surface area contributed by atoms with E-state index in [0.717, 1.165) is 35.2 Å². The van der Waals surface area contributed by atoms with E-state index in [1.165, 1.54) is 12.1 Å². The first-order chi connectivity index (χ1) is 15.6. The molecule has 4 rings (SSSR count). The highest BCUT2D eigenvalue weighted by Gasteiger charge is 2.38. The van der Waals surface area contributed by atoms with Crippen LogP contribution in [0, 0.1) is 11.6 Å². The maximum Gasteiger partial charge on any atom is 0.450 e. The highest BCUT2D eigenvalue weighted by molar-refractivity contribution is 6.04. The van der Waals surface area contributed by atoms with Crippen molar-refractivity contribution in [1.82, 2.24) is 19.5 Å². The van der Waals surface area contributed by atoms with Crippen LogP contribution in [0.2, 0.25) is 0 Å². The van der Waals surface area contributed by atoms with Gasteiger partial charge >= 0.3 is 6.18 Å². The Labute approximate surface area is 183 Å². The van der Waals surface area contributed by atoms with Crippen LogP contribution in [0.25, 0.3) is 16.9 Å². The van der Waals surface area contributed by atoms with E-state index in [4.69, 9.17) is 0 Å². The number of alkyl halides is 3. The highest BCUT2D eigenvalue weighted by Crippen LogP contribution is 2.34. The molecule has 170 valence electrons. The molecule has 0 saturated heterocycles. The number of benzene rings is 2. The van der Waals surface area contributed by atoms with Crippen LogP contribution >= 0.6 is 0 Å². The SMILES string of the molecule is CN(C)c1ccc2c(c1)nc(C(F)(F)F)n2-c1cnc(NC(=O)c2c(F)cccc2F)cn1.